The van der Waals surface area contributed by atoms with Gasteiger partial charge in [0.05, 0.1) is 24.4 Å². The first-order chi connectivity index (χ1) is 13.8. The molecule has 0 spiro atoms. The topological polar surface area (TPSA) is 109 Å². The van der Waals surface area contributed by atoms with Gasteiger partial charge in [-0.25, -0.2) is 14.8 Å². The SMILES string of the molecule is CCOC(=O)c1sc(N2CC[C@@H](NC(=O)c3nc(Br)c(C)[nH]3)[C@@H](OC)C2)nc1C. The monoisotopic (exact) mass is 485 g/mol. The van der Waals surface area contributed by atoms with E-state index in [1.54, 1.807) is 21.0 Å². The minimum Gasteiger partial charge on any atom is -0.462 e. The summed E-state index contributed by atoms with van der Waals surface area (Å²) in [4.78, 5) is 38.8. The van der Waals surface area contributed by atoms with E-state index in [1.807, 2.05) is 6.92 Å². The van der Waals surface area contributed by atoms with Crippen LogP contribution in [0.2, 0.25) is 0 Å². The lowest BCUT2D eigenvalue weighted by Gasteiger charge is -2.37. The number of esters is 1. The molecule has 29 heavy (non-hydrogen) atoms. The largest absolute Gasteiger partial charge is 0.462 e. The molecule has 11 heteroatoms. The zero-order chi connectivity index (χ0) is 21.1. The summed E-state index contributed by atoms with van der Waals surface area (Å²) < 4.78 is 11.3. The predicted octanol–water partition coefficient (Wildman–Crippen LogP) is 2.45. The van der Waals surface area contributed by atoms with Gasteiger partial charge in [0.15, 0.2) is 11.0 Å². The van der Waals surface area contributed by atoms with E-state index in [-0.39, 0.29) is 29.8 Å². The Kier molecular flexibility index (Phi) is 6.91. The lowest BCUT2D eigenvalue weighted by molar-refractivity contribution is 0.0530. The van der Waals surface area contributed by atoms with Crippen molar-refractivity contribution in [3.8, 4) is 0 Å². The first-order valence-electron chi connectivity index (χ1n) is 9.29. The Bertz CT molecular complexity index is 879. The Labute approximate surface area is 181 Å². The second-order valence-electron chi connectivity index (χ2n) is 6.72. The number of halogens is 1. The number of anilines is 1. The molecule has 1 amide bonds. The molecule has 1 aliphatic rings. The van der Waals surface area contributed by atoms with Crippen LogP contribution in [0.5, 0.6) is 0 Å². The molecule has 158 valence electrons. The number of rotatable bonds is 6. The van der Waals surface area contributed by atoms with Gasteiger partial charge in [-0.05, 0) is 43.1 Å². The smallest absolute Gasteiger partial charge is 0.350 e. The van der Waals surface area contributed by atoms with E-state index in [9.17, 15) is 9.59 Å². The highest BCUT2D eigenvalue weighted by Gasteiger charge is 2.33. The van der Waals surface area contributed by atoms with Gasteiger partial charge in [-0.3, -0.25) is 4.79 Å². The number of methoxy groups -OCH3 is 1. The standard InChI is InChI=1S/C18H24BrN5O4S/c1-5-28-17(26)13-9(2)21-18(29-13)24-7-6-11(12(8-24)27-4)22-16(25)15-20-10(3)14(19)23-15/h11-12H,5-8H2,1-4H3,(H,20,23)(H,22,25)/t11-,12+/m1/s1. The van der Waals surface area contributed by atoms with Crippen molar-refractivity contribution in [1.82, 2.24) is 20.3 Å². The summed E-state index contributed by atoms with van der Waals surface area (Å²) in [5.74, 6) is -0.352. The molecule has 0 radical (unpaired) electrons. The summed E-state index contributed by atoms with van der Waals surface area (Å²) in [6, 6.07) is -0.154. The van der Waals surface area contributed by atoms with Crippen molar-refractivity contribution in [2.24, 2.45) is 0 Å². The van der Waals surface area contributed by atoms with Crippen molar-refractivity contribution in [3.05, 3.63) is 26.7 Å². The summed E-state index contributed by atoms with van der Waals surface area (Å²) in [6.07, 6.45) is 0.459. The number of hydrogen-bond acceptors (Lipinski definition) is 8. The number of H-pyrrole nitrogens is 1. The summed E-state index contributed by atoms with van der Waals surface area (Å²) in [5, 5.41) is 3.76. The van der Waals surface area contributed by atoms with E-state index in [1.165, 1.54) is 11.3 Å². The van der Waals surface area contributed by atoms with Crippen LogP contribution in [0.25, 0.3) is 0 Å². The summed E-state index contributed by atoms with van der Waals surface area (Å²) in [5.41, 5.74) is 1.46. The Hall–Kier alpha value is -1.98. The fourth-order valence-corrected chi connectivity index (χ4v) is 4.45. The average Bonchev–Trinajstić information content (AvgIpc) is 3.24. The number of aromatic nitrogens is 3. The first-order valence-corrected chi connectivity index (χ1v) is 10.9. The normalized spacial score (nSPS) is 19.3. The van der Waals surface area contributed by atoms with Gasteiger partial charge in [0.25, 0.3) is 5.91 Å². The first kappa shape index (κ1) is 21.7. The molecule has 2 aromatic rings. The summed E-state index contributed by atoms with van der Waals surface area (Å²) >= 11 is 4.62. The number of piperidine rings is 1. The molecule has 1 fully saturated rings. The number of aromatic amines is 1. The van der Waals surface area contributed by atoms with Gasteiger partial charge in [-0.15, -0.1) is 0 Å². The Morgan fingerprint density at radius 1 is 1.38 bits per heavy atom. The van der Waals surface area contributed by atoms with E-state index in [0.29, 0.717) is 41.3 Å². The van der Waals surface area contributed by atoms with Crippen LogP contribution in [0.4, 0.5) is 5.13 Å². The van der Waals surface area contributed by atoms with Gasteiger partial charge < -0.3 is 24.7 Å². The number of amides is 1. The molecule has 2 N–H and O–H groups in total. The highest BCUT2D eigenvalue weighted by molar-refractivity contribution is 9.10. The van der Waals surface area contributed by atoms with Gasteiger partial charge >= 0.3 is 5.97 Å². The maximum Gasteiger partial charge on any atom is 0.350 e. The zero-order valence-corrected chi connectivity index (χ0v) is 19.1. The highest BCUT2D eigenvalue weighted by Crippen LogP contribution is 2.29. The molecular formula is C18H24BrN5O4S. The highest BCUT2D eigenvalue weighted by atomic mass is 79.9. The number of hydrogen-bond donors (Lipinski definition) is 2. The van der Waals surface area contributed by atoms with Gasteiger partial charge in [0, 0.05) is 25.9 Å². The third-order valence-corrected chi connectivity index (χ3v) is 6.71. The van der Waals surface area contributed by atoms with E-state index >= 15 is 0 Å². The number of aryl methyl sites for hydroxylation is 2. The fourth-order valence-electron chi connectivity index (χ4n) is 3.18. The molecule has 9 nitrogen and oxygen atoms in total. The average molecular weight is 486 g/mol. The lowest BCUT2D eigenvalue weighted by Crippen LogP contribution is -2.55. The fraction of sp³-hybridized carbons (Fsp3) is 0.556. The van der Waals surface area contributed by atoms with Crippen LogP contribution < -0.4 is 10.2 Å². The van der Waals surface area contributed by atoms with Crippen molar-refractivity contribution in [2.45, 2.75) is 39.3 Å². The van der Waals surface area contributed by atoms with Crippen LogP contribution in [-0.4, -0.2) is 65.8 Å². The van der Waals surface area contributed by atoms with Crippen molar-refractivity contribution in [3.63, 3.8) is 0 Å². The number of carbonyl (C=O) groups is 2. The van der Waals surface area contributed by atoms with Crippen LogP contribution in [0.1, 0.15) is 45.0 Å². The number of carbonyl (C=O) groups excluding carboxylic acids is 2. The van der Waals surface area contributed by atoms with E-state index in [4.69, 9.17) is 9.47 Å². The summed E-state index contributed by atoms with van der Waals surface area (Å²) in [7, 11) is 1.62. The van der Waals surface area contributed by atoms with Crippen LogP contribution in [0, 0.1) is 13.8 Å². The van der Waals surface area contributed by atoms with Crippen molar-refractivity contribution >= 4 is 44.3 Å². The molecule has 3 rings (SSSR count). The molecule has 2 atom stereocenters. The van der Waals surface area contributed by atoms with Crippen LogP contribution in [0.15, 0.2) is 4.60 Å². The van der Waals surface area contributed by atoms with Gasteiger partial charge in [-0.1, -0.05) is 11.3 Å². The van der Waals surface area contributed by atoms with Crippen LogP contribution in [0.3, 0.4) is 0 Å². The van der Waals surface area contributed by atoms with Gasteiger partial charge in [-0.2, -0.15) is 0 Å². The molecular weight excluding hydrogens is 462 g/mol. The van der Waals surface area contributed by atoms with E-state index in [2.05, 4.69) is 41.1 Å². The molecule has 0 aromatic carbocycles. The molecule has 3 heterocycles. The third kappa shape index (κ3) is 4.78. The maximum absolute atomic E-state index is 12.5. The van der Waals surface area contributed by atoms with Crippen LogP contribution >= 0.6 is 27.3 Å². The quantitative estimate of drug-likeness (QED) is 0.604. The number of nitrogens with one attached hydrogen (secondary N) is 2. The maximum atomic E-state index is 12.5. The second kappa shape index (κ2) is 9.23. The Balaban J connectivity index is 1.67. The van der Waals surface area contributed by atoms with Gasteiger partial charge in [0.2, 0.25) is 0 Å². The Morgan fingerprint density at radius 3 is 2.76 bits per heavy atom. The van der Waals surface area contributed by atoms with Gasteiger partial charge in [0.1, 0.15) is 9.48 Å². The number of ether oxygens (including phenoxy) is 2. The van der Waals surface area contributed by atoms with E-state index < -0.39 is 0 Å². The minimum absolute atomic E-state index is 0.154. The lowest BCUT2D eigenvalue weighted by atomic mass is 10.0. The zero-order valence-electron chi connectivity index (χ0n) is 16.7. The number of thiazole rings is 1. The van der Waals surface area contributed by atoms with Crippen molar-refractivity contribution in [1.29, 1.82) is 0 Å². The molecule has 0 saturated carbocycles. The molecule has 0 bridgehead atoms. The molecule has 1 saturated heterocycles. The third-order valence-electron chi connectivity index (χ3n) is 4.74. The molecule has 2 aromatic heterocycles. The number of imidazole rings is 1. The van der Waals surface area contributed by atoms with Crippen molar-refractivity contribution in [2.75, 3.05) is 31.7 Å². The molecule has 0 unspecified atom stereocenters. The number of nitrogens with zero attached hydrogens (tertiary/aromatic N) is 3. The Morgan fingerprint density at radius 2 is 2.14 bits per heavy atom. The second-order valence-corrected chi connectivity index (χ2v) is 8.45. The summed E-state index contributed by atoms with van der Waals surface area (Å²) in [6.45, 7) is 6.98. The minimum atomic E-state index is -0.348. The predicted molar refractivity (Wildman–Crippen MR) is 113 cm³/mol. The van der Waals surface area contributed by atoms with Crippen molar-refractivity contribution < 1.29 is 19.1 Å². The molecule has 1 aliphatic heterocycles. The van der Waals surface area contributed by atoms with Crippen LogP contribution in [-0.2, 0) is 9.47 Å². The molecule has 0 aliphatic carbocycles. The van der Waals surface area contributed by atoms with E-state index in [0.717, 1.165) is 10.8 Å².